The van der Waals surface area contributed by atoms with Crippen LogP contribution in [0.15, 0.2) is 51.1 Å². The first-order valence-corrected chi connectivity index (χ1v) is 6.25. The van der Waals surface area contributed by atoms with Crippen LogP contribution in [-0.4, -0.2) is 21.0 Å². The molecule has 0 fully saturated rings. The van der Waals surface area contributed by atoms with Crippen LogP contribution in [0.25, 0.3) is 0 Å². The van der Waals surface area contributed by atoms with E-state index in [4.69, 9.17) is 5.11 Å². The lowest BCUT2D eigenvalue weighted by Gasteiger charge is -2.02. The molecule has 0 unspecified atom stereocenters. The summed E-state index contributed by atoms with van der Waals surface area (Å²) in [7, 11) is 0. The summed E-state index contributed by atoms with van der Waals surface area (Å²) < 4.78 is 0.896. The molecule has 2 rings (SSSR count). The lowest BCUT2D eigenvalue weighted by atomic mass is 10.4. The van der Waals surface area contributed by atoms with Crippen molar-refractivity contribution in [3.05, 3.63) is 46.8 Å². The molecule has 0 atom stereocenters. The quantitative estimate of drug-likeness (QED) is 0.944. The number of aromatic nitrogens is 2. The van der Waals surface area contributed by atoms with Crippen molar-refractivity contribution >= 4 is 33.7 Å². The third-order valence-corrected chi connectivity index (χ3v) is 3.79. The van der Waals surface area contributed by atoms with Gasteiger partial charge in [-0.3, -0.25) is 0 Å². The molecule has 0 aliphatic rings. The number of aromatic carboxylic acids is 1. The van der Waals surface area contributed by atoms with Gasteiger partial charge in [0.05, 0.1) is 4.47 Å². The highest BCUT2D eigenvalue weighted by atomic mass is 79.9. The average Bonchev–Trinajstić information content (AvgIpc) is 2.33. The van der Waals surface area contributed by atoms with Gasteiger partial charge < -0.3 is 5.11 Å². The molecule has 2 aromatic heterocycles. The van der Waals surface area contributed by atoms with Crippen molar-refractivity contribution in [2.75, 3.05) is 0 Å². The summed E-state index contributed by atoms with van der Waals surface area (Å²) in [5.41, 5.74) is 0.0365. The highest BCUT2D eigenvalue weighted by molar-refractivity contribution is 9.10. The standard InChI is InChI=1S/C11H7BrN2O2S/c12-8-2-1-5-13-10(8)17-7-3-4-9(11(15)16)14-6-7/h1-6H,(H,15,16). The molecular weight excluding hydrogens is 304 g/mol. The number of carboxylic acids is 1. The van der Waals surface area contributed by atoms with Crippen molar-refractivity contribution in [2.45, 2.75) is 9.92 Å². The molecule has 0 saturated heterocycles. The molecular formula is C11H7BrN2O2S. The number of rotatable bonds is 3. The van der Waals surface area contributed by atoms with Crippen molar-refractivity contribution in [3.63, 3.8) is 0 Å². The van der Waals surface area contributed by atoms with E-state index in [1.165, 1.54) is 24.0 Å². The average molecular weight is 311 g/mol. The van der Waals surface area contributed by atoms with E-state index in [1.54, 1.807) is 12.3 Å². The van der Waals surface area contributed by atoms with Crippen LogP contribution in [0.1, 0.15) is 10.5 Å². The van der Waals surface area contributed by atoms with Crippen molar-refractivity contribution in [2.24, 2.45) is 0 Å². The van der Waals surface area contributed by atoms with Gasteiger partial charge in [0.15, 0.2) is 0 Å². The second-order valence-electron chi connectivity index (χ2n) is 3.08. The van der Waals surface area contributed by atoms with Crippen LogP contribution in [0.2, 0.25) is 0 Å². The van der Waals surface area contributed by atoms with Crippen molar-refractivity contribution in [1.82, 2.24) is 9.97 Å². The van der Waals surface area contributed by atoms with E-state index < -0.39 is 5.97 Å². The maximum Gasteiger partial charge on any atom is 0.354 e. The van der Waals surface area contributed by atoms with Crippen LogP contribution in [0.3, 0.4) is 0 Å². The fraction of sp³-hybridized carbons (Fsp3) is 0. The molecule has 0 bridgehead atoms. The van der Waals surface area contributed by atoms with E-state index in [0.717, 1.165) is 14.4 Å². The Balaban J connectivity index is 2.20. The summed E-state index contributed by atoms with van der Waals surface area (Å²) in [5, 5.41) is 9.54. The fourth-order valence-electron chi connectivity index (χ4n) is 1.13. The van der Waals surface area contributed by atoms with Crippen LogP contribution >= 0.6 is 27.7 Å². The first-order valence-electron chi connectivity index (χ1n) is 4.64. The van der Waals surface area contributed by atoms with Gasteiger partial charge in [0.2, 0.25) is 0 Å². The molecule has 4 nitrogen and oxygen atoms in total. The molecule has 1 N–H and O–H groups in total. The molecule has 2 heterocycles. The Morgan fingerprint density at radius 2 is 2.12 bits per heavy atom. The molecule has 0 radical (unpaired) electrons. The second kappa shape index (κ2) is 5.29. The van der Waals surface area contributed by atoms with Crippen LogP contribution in [0.5, 0.6) is 0 Å². The number of carboxylic acid groups (broad SMARTS) is 1. The normalized spacial score (nSPS) is 10.2. The Hall–Kier alpha value is -1.40. The minimum absolute atomic E-state index is 0.0365. The molecule has 0 saturated carbocycles. The predicted molar refractivity (Wildman–Crippen MR) is 67.3 cm³/mol. The van der Waals surface area contributed by atoms with E-state index >= 15 is 0 Å². The molecule has 86 valence electrons. The lowest BCUT2D eigenvalue weighted by molar-refractivity contribution is 0.0690. The molecule has 6 heteroatoms. The Labute approximate surface area is 110 Å². The minimum Gasteiger partial charge on any atom is -0.477 e. The van der Waals surface area contributed by atoms with Crippen LogP contribution in [-0.2, 0) is 0 Å². The molecule has 17 heavy (non-hydrogen) atoms. The van der Waals surface area contributed by atoms with Crippen LogP contribution in [0, 0.1) is 0 Å². The molecule has 0 aliphatic carbocycles. The molecule has 0 amide bonds. The van der Waals surface area contributed by atoms with E-state index in [9.17, 15) is 4.79 Å². The number of nitrogens with zero attached hydrogens (tertiary/aromatic N) is 2. The monoisotopic (exact) mass is 310 g/mol. The molecule has 0 aliphatic heterocycles. The van der Waals surface area contributed by atoms with E-state index in [-0.39, 0.29) is 5.69 Å². The number of carbonyl (C=O) groups is 1. The highest BCUT2D eigenvalue weighted by Crippen LogP contribution is 2.30. The summed E-state index contributed by atoms with van der Waals surface area (Å²) in [6.45, 7) is 0. The van der Waals surface area contributed by atoms with Gasteiger partial charge in [0.25, 0.3) is 0 Å². The summed E-state index contributed by atoms with van der Waals surface area (Å²) in [6, 6.07) is 6.91. The van der Waals surface area contributed by atoms with Gasteiger partial charge in [0, 0.05) is 17.3 Å². The maximum absolute atomic E-state index is 10.6. The zero-order chi connectivity index (χ0) is 12.3. The number of halogens is 1. The second-order valence-corrected chi connectivity index (χ2v) is 4.99. The van der Waals surface area contributed by atoms with E-state index in [1.807, 2.05) is 12.1 Å². The summed E-state index contributed by atoms with van der Waals surface area (Å²) in [4.78, 5) is 19.5. The van der Waals surface area contributed by atoms with E-state index in [0.29, 0.717) is 0 Å². The highest BCUT2D eigenvalue weighted by Gasteiger charge is 2.06. The number of hydrogen-bond donors (Lipinski definition) is 1. The van der Waals surface area contributed by atoms with Gasteiger partial charge in [-0.25, -0.2) is 14.8 Å². The minimum atomic E-state index is -1.03. The Kier molecular flexibility index (Phi) is 3.75. The van der Waals surface area contributed by atoms with Gasteiger partial charge in [-0.2, -0.15) is 0 Å². The smallest absolute Gasteiger partial charge is 0.354 e. The summed E-state index contributed by atoms with van der Waals surface area (Å²) in [6.07, 6.45) is 3.22. The topological polar surface area (TPSA) is 63.1 Å². The predicted octanol–water partition coefficient (Wildman–Crippen LogP) is 3.09. The number of pyridine rings is 2. The molecule has 0 aromatic carbocycles. The maximum atomic E-state index is 10.6. The zero-order valence-electron chi connectivity index (χ0n) is 8.50. The SMILES string of the molecule is O=C(O)c1ccc(Sc2ncccc2Br)cn1. The van der Waals surface area contributed by atoms with Crippen LogP contribution in [0.4, 0.5) is 0 Å². The van der Waals surface area contributed by atoms with Gasteiger partial charge in [0.1, 0.15) is 10.7 Å². The first kappa shape index (κ1) is 12.1. The fourth-order valence-corrected chi connectivity index (χ4v) is 2.37. The Morgan fingerprint density at radius 3 is 2.71 bits per heavy atom. The molecule has 0 spiro atoms. The lowest BCUT2D eigenvalue weighted by Crippen LogP contribution is -1.98. The first-order chi connectivity index (χ1) is 8.16. The van der Waals surface area contributed by atoms with Crippen molar-refractivity contribution in [3.8, 4) is 0 Å². The van der Waals surface area contributed by atoms with Gasteiger partial charge in [-0.1, -0.05) is 11.8 Å². The zero-order valence-corrected chi connectivity index (χ0v) is 10.9. The largest absolute Gasteiger partial charge is 0.477 e. The van der Waals surface area contributed by atoms with Crippen molar-refractivity contribution < 1.29 is 9.90 Å². The summed E-state index contributed by atoms with van der Waals surface area (Å²) in [5.74, 6) is -1.03. The summed E-state index contributed by atoms with van der Waals surface area (Å²) >= 11 is 4.81. The Morgan fingerprint density at radius 1 is 1.29 bits per heavy atom. The van der Waals surface area contributed by atoms with Gasteiger partial charge in [-0.15, -0.1) is 0 Å². The molecule has 2 aromatic rings. The van der Waals surface area contributed by atoms with Crippen molar-refractivity contribution in [1.29, 1.82) is 0 Å². The van der Waals surface area contributed by atoms with E-state index in [2.05, 4.69) is 25.9 Å². The number of hydrogen-bond acceptors (Lipinski definition) is 4. The van der Waals surface area contributed by atoms with Gasteiger partial charge >= 0.3 is 5.97 Å². The van der Waals surface area contributed by atoms with Crippen LogP contribution < -0.4 is 0 Å². The Bertz CT molecular complexity index is 545. The third kappa shape index (κ3) is 3.04. The van der Waals surface area contributed by atoms with Gasteiger partial charge in [-0.05, 0) is 40.2 Å². The third-order valence-electron chi connectivity index (χ3n) is 1.89.